The van der Waals surface area contributed by atoms with Gasteiger partial charge in [0.1, 0.15) is 10.7 Å². The van der Waals surface area contributed by atoms with Gasteiger partial charge in [-0.05, 0) is 24.6 Å². The van der Waals surface area contributed by atoms with Crippen LogP contribution in [0.5, 0.6) is 0 Å². The molecular formula is C24H25N7O2S. The highest BCUT2D eigenvalue weighted by molar-refractivity contribution is 7.13. The summed E-state index contributed by atoms with van der Waals surface area (Å²) in [6.07, 6.45) is 5.66. The van der Waals surface area contributed by atoms with E-state index in [1.807, 2.05) is 54.4 Å². The van der Waals surface area contributed by atoms with Gasteiger partial charge in [0.2, 0.25) is 5.95 Å². The number of likely N-dealkylation sites (N-methyl/N-ethyl adjacent to an activating group) is 1. The molecule has 4 heterocycles. The number of nitrogens with one attached hydrogen (secondary N) is 1. The minimum atomic E-state index is -1.48. The summed E-state index contributed by atoms with van der Waals surface area (Å²) in [5.74, 6) is 0.236. The van der Waals surface area contributed by atoms with Crippen molar-refractivity contribution in [2.24, 2.45) is 7.05 Å². The fourth-order valence-corrected chi connectivity index (χ4v) is 4.99. The number of amides is 1. The SMILES string of the molecule is C[C@@H](Nc1nccc(-c2csc(-c3cccc([C@]4(O)CCN(C)C4=O)c3)n2)n1)c1cncn1C. The van der Waals surface area contributed by atoms with Crippen LogP contribution in [-0.4, -0.2) is 54.0 Å². The molecule has 0 bridgehead atoms. The van der Waals surface area contributed by atoms with Crippen LogP contribution in [0.25, 0.3) is 22.0 Å². The van der Waals surface area contributed by atoms with Gasteiger partial charge in [0.15, 0.2) is 5.60 Å². The van der Waals surface area contributed by atoms with Crippen LogP contribution in [0.4, 0.5) is 5.95 Å². The van der Waals surface area contributed by atoms with E-state index in [0.717, 1.165) is 22.0 Å². The second-order valence-electron chi connectivity index (χ2n) is 8.52. The molecule has 2 N–H and O–H groups in total. The van der Waals surface area contributed by atoms with Crippen LogP contribution in [-0.2, 0) is 17.4 Å². The van der Waals surface area contributed by atoms with Gasteiger partial charge < -0.3 is 19.9 Å². The highest BCUT2D eigenvalue weighted by Gasteiger charge is 2.45. The lowest BCUT2D eigenvalue weighted by molar-refractivity contribution is -0.143. The van der Waals surface area contributed by atoms with Crippen molar-refractivity contribution in [1.82, 2.24) is 29.4 Å². The number of aromatic nitrogens is 5. The number of benzene rings is 1. The maximum Gasteiger partial charge on any atom is 0.258 e. The number of aliphatic hydroxyl groups is 1. The van der Waals surface area contributed by atoms with Gasteiger partial charge in [0.05, 0.1) is 30.0 Å². The number of carbonyl (C=O) groups excluding carboxylic acids is 1. The number of anilines is 1. The molecule has 34 heavy (non-hydrogen) atoms. The highest BCUT2D eigenvalue weighted by atomic mass is 32.1. The molecule has 0 spiro atoms. The number of aryl methyl sites for hydroxylation is 1. The number of nitrogens with zero attached hydrogens (tertiary/aromatic N) is 6. The van der Waals surface area contributed by atoms with Crippen molar-refractivity contribution in [2.45, 2.75) is 25.0 Å². The zero-order chi connectivity index (χ0) is 23.9. The monoisotopic (exact) mass is 475 g/mol. The summed E-state index contributed by atoms with van der Waals surface area (Å²) < 4.78 is 1.95. The number of hydrogen-bond acceptors (Lipinski definition) is 8. The second-order valence-corrected chi connectivity index (χ2v) is 9.37. The first-order chi connectivity index (χ1) is 16.3. The van der Waals surface area contributed by atoms with Crippen molar-refractivity contribution in [3.8, 4) is 22.0 Å². The summed E-state index contributed by atoms with van der Waals surface area (Å²) in [5, 5.41) is 17.1. The molecule has 0 radical (unpaired) electrons. The lowest BCUT2D eigenvalue weighted by atomic mass is 9.91. The van der Waals surface area contributed by atoms with Crippen LogP contribution in [0.3, 0.4) is 0 Å². The lowest BCUT2D eigenvalue weighted by Gasteiger charge is -2.21. The number of rotatable bonds is 6. The van der Waals surface area contributed by atoms with Crippen LogP contribution in [0.2, 0.25) is 0 Å². The Labute approximate surface area is 201 Å². The molecule has 1 aromatic carbocycles. The van der Waals surface area contributed by atoms with Gasteiger partial charge in [-0.15, -0.1) is 11.3 Å². The Morgan fingerprint density at radius 3 is 2.79 bits per heavy atom. The fraction of sp³-hybridized carbons (Fsp3) is 0.292. The third kappa shape index (κ3) is 3.95. The van der Waals surface area contributed by atoms with Crippen molar-refractivity contribution in [1.29, 1.82) is 0 Å². The molecule has 1 amide bonds. The van der Waals surface area contributed by atoms with E-state index >= 15 is 0 Å². The van der Waals surface area contributed by atoms with Crippen molar-refractivity contribution in [2.75, 3.05) is 18.9 Å². The number of thiazole rings is 1. The first-order valence-electron chi connectivity index (χ1n) is 11.0. The summed E-state index contributed by atoms with van der Waals surface area (Å²) in [6, 6.07) is 9.23. The van der Waals surface area contributed by atoms with Gasteiger partial charge in [-0.25, -0.2) is 19.9 Å². The predicted molar refractivity (Wildman–Crippen MR) is 130 cm³/mol. The van der Waals surface area contributed by atoms with E-state index in [0.29, 0.717) is 30.2 Å². The quantitative estimate of drug-likeness (QED) is 0.441. The van der Waals surface area contributed by atoms with Crippen molar-refractivity contribution in [3.63, 3.8) is 0 Å². The zero-order valence-corrected chi connectivity index (χ0v) is 20.0. The van der Waals surface area contributed by atoms with E-state index in [4.69, 9.17) is 4.98 Å². The van der Waals surface area contributed by atoms with E-state index in [1.54, 1.807) is 30.5 Å². The largest absolute Gasteiger partial charge is 0.375 e. The van der Waals surface area contributed by atoms with Crippen LogP contribution in [0, 0.1) is 0 Å². The Morgan fingerprint density at radius 1 is 1.21 bits per heavy atom. The third-order valence-corrected chi connectivity index (χ3v) is 7.05. The number of hydrogen-bond donors (Lipinski definition) is 2. The van der Waals surface area contributed by atoms with E-state index in [9.17, 15) is 9.90 Å². The Balaban J connectivity index is 1.38. The Bertz CT molecular complexity index is 1350. The molecular weight excluding hydrogens is 450 g/mol. The van der Waals surface area contributed by atoms with E-state index in [1.165, 1.54) is 11.3 Å². The molecule has 9 nitrogen and oxygen atoms in total. The Morgan fingerprint density at radius 2 is 2.06 bits per heavy atom. The minimum absolute atomic E-state index is 0.0142. The van der Waals surface area contributed by atoms with Crippen LogP contribution < -0.4 is 5.32 Å². The average molecular weight is 476 g/mol. The molecule has 1 fully saturated rings. The molecule has 1 aliphatic rings. The molecule has 10 heteroatoms. The normalized spacial score (nSPS) is 18.9. The highest BCUT2D eigenvalue weighted by Crippen LogP contribution is 2.36. The predicted octanol–water partition coefficient (Wildman–Crippen LogP) is 3.22. The third-order valence-electron chi connectivity index (χ3n) is 6.16. The Kier molecular flexibility index (Phi) is 5.62. The van der Waals surface area contributed by atoms with Gasteiger partial charge in [0.25, 0.3) is 5.91 Å². The first-order valence-corrected chi connectivity index (χ1v) is 11.8. The number of carbonyl (C=O) groups is 1. The standard InChI is InChI=1S/C24H25N7O2S/c1-15(20-12-25-14-31(20)3)27-23-26-9-7-18(29-23)19-13-34-21(28-19)16-5-4-6-17(11-16)24(33)8-10-30(2)22(24)32/h4-7,9,11-15,33H,8,10H2,1-3H3,(H,26,27,29)/t15-,24-/m1/s1. The second kappa shape index (κ2) is 8.62. The summed E-state index contributed by atoms with van der Waals surface area (Å²) in [7, 11) is 3.66. The van der Waals surface area contributed by atoms with E-state index < -0.39 is 5.60 Å². The van der Waals surface area contributed by atoms with Crippen LogP contribution in [0.1, 0.15) is 30.6 Å². The van der Waals surface area contributed by atoms with Crippen LogP contribution in [0.15, 0.2) is 54.4 Å². The molecule has 3 aromatic heterocycles. The summed E-state index contributed by atoms with van der Waals surface area (Å²) in [4.78, 5) is 32.0. The number of likely N-dealkylation sites (tertiary alicyclic amines) is 1. The smallest absolute Gasteiger partial charge is 0.258 e. The molecule has 1 aliphatic heterocycles. The van der Waals surface area contributed by atoms with E-state index in [2.05, 4.69) is 20.3 Å². The van der Waals surface area contributed by atoms with Gasteiger partial charge >= 0.3 is 0 Å². The summed E-state index contributed by atoms with van der Waals surface area (Å²) >= 11 is 1.49. The molecule has 2 atom stereocenters. The van der Waals surface area contributed by atoms with Gasteiger partial charge in [0, 0.05) is 44.2 Å². The molecule has 0 aliphatic carbocycles. The molecule has 0 saturated carbocycles. The van der Waals surface area contributed by atoms with Crippen molar-refractivity contribution in [3.05, 3.63) is 65.7 Å². The molecule has 174 valence electrons. The van der Waals surface area contributed by atoms with Crippen molar-refractivity contribution >= 4 is 23.2 Å². The lowest BCUT2D eigenvalue weighted by Crippen LogP contribution is -2.36. The topological polar surface area (TPSA) is 109 Å². The average Bonchev–Trinajstić information content (AvgIpc) is 3.57. The van der Waals surface area contributed by atoms with Crippen molar-refractivity contribution < 1.29 is 9.90 Å². The molecule has 1 saturated heterocycles. The number of imidazole rings is 1. The summed E-state index contributed by atoms with van der Waals surface area (Å²) in [6.45, 7) is 2.56. The molecule has 0 unspecified atom stereocenters. The molecule has 4 aromatic rings. The summed E-state index contributed by atoms with van der Waals surface area (Å²) in [5.41, 5.74) is 2.43. The Hall–Kier alpha value is -3.63. The molecule has 5 rings (SSSR count). The van der Waals surface area contributed by atoms with Gasteiger partial charge in [-0.2, -0.15) is 0 Å². The van der Waals surface area contributed by atoms with Gasteiger partial charge in [-0.1, -0.05) is 18.2 Å². The zero-order valence-electron chi connectivity index (χ0n) is 19.1. The van der Waals surface area contributed by atoms with Crippen LogP contribution >= 0.6 is 11.3 Å². The maximum absolute atomic E-state index is 12.5. The van der Waals surface area contributed by atoms with Gasteiger partial charge in [-0.3, -0.25) is 4.79 Å². The minimum Gasteiger partial charge on any atom is -0.375 e. The fourth-order valence-electron chi connectivity index (χ4n) is 4.18. The first kappa shape index (κ1) is 22.2. The maximum atomic E-state index is 12.5. The van der Waals surface area contributed by atoms with E-state index in [-0.39, 0.29) is 11.9 Å².